The number of para-hydroxylation sites is 2. The van der Waals surface area contributed by atoms with Crippen LogP contribution in [0.3, 0.4) is 0 Å². The summed E-state index contributed by atoms with van der Waals surface area (Å²) < 4.78 is 38.4. The van der Waals surface area contributed by atoms with Crippen LogP contribution in [0.4, 0.5) is 11.4 Å². The molecule has 0 heterocycles. The van der Waals surface area contributed by atoms with Gasteiger partial charge in [-0.2, -0.15) is 5.10 Å². The Balaban J connectivity index is 2.02. The van der Waals surface area contributed by atoms with Gasteiger partial charge in [-0.25, -0.2) is 13.8 Å². The summed E-state index contributed by atoms with van der Waals surface area (Å²) in [6.07, 6.45) is 1.18. The summed E-state index contributed by atoms with van der Waals surface area (Å²) in [6, 6.07) is 15.2. The summed E-state index contributed by atoms with van der Waals surface area (Å²) in [5, 5.41) is 25.1. The molecule has 36 heavy (non-hydrogen) atoms. The summed E-state index contributed by atoms with van der Waals surface area (Å²) in [7, 11) is -1.94. The minimum Gasteiger partial charge on any atom is -0.507 e. The van der Waals surface area contributed by atoms with Crippen LogP contribution in [0.15, 0.2) is 76.7 Å². The molecule has 0 fully saturated rings. The van der Waals surface area contributed by atoms with Crippen molar-refractivity contribution in [1.29, 1.82) is 0 Å². The molecule has 0 radical (unpaired) electrons. The predicted molar refractivity (Wildman–Crippen MR) is 131 cm³/mol. The number of nitro groups is 1. The number of phenolic OH excluding ortho intramolecular Hbond substituents is 1. The minimum atomic E-state index is -4.64. The number of carbonyl (C=O) groups is 1. The molecule has 0 bridgehead atoms. The fraction of sp³-hybridized carbons (Fsp3) is 0.130. The number of rotatable bonds is 10. The smallest absolute Gasteiger partial charge is 0.289 e. The Morgan fingerprint density at radius 2 is 1.81 bits per heavy atom. The zero-order chi connectivity index (χ0) is 26.3. The van der Waals surface area contributed by atoms with E-state index >= 15 is 0 Å². The molecule has 0 spiro atoms. The number of amides is 1. The second kappa shape index (κ2) is 11.2. The number of aromatic hydroxyl groups is 1. The van der Waals surface area contributed by atoms with Gasteiger partial charge in [0.05, 0.1) is 31.0 Å². The Morgan fingerprint density at radius 3 is 2.47 bits per heavy atom. The van der Waals surface area contributed by atoms with Crippen LogP contribution in [-0.4, -0.2) is 51.3 Å². The molecule has 0 unspecified atom stereocenters. The number of nitro benzene ring substituents is 1. The number of carbonyl (C=O) groups excluding carboxylic acids is 1. The van der Waals surface area contributed by atoms with Crippen molar-refractivity contribution in [1.82, 2.24) is 5.43 Å². The number of methoxy groups -OCH3 is 2. The van der Waals surface area contributed by atoms with Crippen LogP contribution in [0.1, 0.15) is 5.56 Å². The lowest BCUT2D eigenvalue weighted by molar-refractivity contribution is -0.387. The third kappa shape index (κ3) is 5.70. The van der Waals surface area contributed by atoms with Crippen LogP contribution < -0.4 is 19.2 Å². The maximum absolute atomic E-state index is 13.6. The van der Waals surface area contributed by atoms with Crippen LogP contribution in [0.2, 0.25) is 0 Å². The third-order valence-corrected chi connectivity index (χ3v) is 6.71. The Hall–Kier alpha value is -4.65. The Morgan fingerprint density at radius 1 is 1.11 bits per heavy atom. The van der Waals surface area contributed by atoms with Crippen molar-refractivity contribution in [3.05, 3.63) is 82.4 Å². The van der Waals surface area contributed by atoms with Crippen molar-refractivity contribution in [3.63, 3.8) is 0 Å². The van der Waals surface area contributed by atoms with Gasteiger partial charge in [-0.05, 0) is 30.3 Å². The molecule has 0 saturated carbocycles. The molecule has 0 aliphatic carbocycles. The minimum absolute atomic E-state index is 0.0435. The van der Waals surface area contributed by atoms with E-state index in [0.29, 0.717) is 15.6 Å². The Bertz CT molecular complexity index is 1410. The van der Waals surface area contributed by atoms with Gasteiger partial charge >= 0.3 is 0 Å². The molecule has 0 aliphatic rings. The number of sulfonamides is 1. The third-order valence-electron chi connectivity index (χ3n) is 4.90. The Labute approximate surface area is 206 Å². The maximum atomic E-state index is 13.6. The van der Waals surface area contributed by atoms with E-state index in [1.54, 1.807) is 18.2 Å². The summed E-state index contributed by atoms with van der Waals surface area (Å²) >= 11 is 0. The fourth-order valence-corrected chi connectivity index (χ4v) is 4.76. The average molecular weight is 515 g/mol. The second-order valence-electron chi connectivity index (χ2n) is 7.13. The number of nitrogens with one attached hydrogen (secondary N) is 1. The number of nitrogens with zero attached hydrogens (tertiary/aromatic N) is 3. The lowest BCUT2D eigenvalue weighted by Gasteiger charge is -2.25. The van der Waals surface area contributed by atoms with Gasteiger partial charge in [0.2, 0.25) is 0 Å². The summed E-state index contributed by atoms with van der Waals surface area (Å²) in [4.78, 5) is 22.8. The lowest BCUT2D eigenvalue weighted by Crippen LogP contribution is -2.40. The molecule has 1 amide bonds. The quantitative estimate of drug-likeness (QED) is 0.237. The fourth-order valence-electron chi connectivity index (χ4n) is 3.17. The number of benzene rings is 3. The molecule has 188 valence electrons. The van der Waals surface area contributed by atoms with E-state index < -0.39 is 38.0 Å². The number of hydrazone groups is 1. The van der Waals surface area contributed by atoms with E-state index in [-0.39, 0.29) is 17.2 Å². The first-order valence-corrected chi connectivity index (χ1v) is 11.7. The SMILES string of the molecule is COc1ccc(N(CC(=O)N/N=C\c2ccccc2O)S(=O)(=O)c2ccccc2[N+](=O)[O-])c(OC)c1. The molecule has 12 nitrogen and oxygen atoms in total. The average Bonchev–Trinajstić information content (AvgIpc) is 2.88. The largest absolute Gasteiger partial charge is 0.507 e. The molecule has 0 saturated heterocycles. The first kappa shape index (κ1) is 26.0. The number of hydrogen-bond donors (Lipinski definition) is 2. The highest BCUT2D eigenvalue weighted by Crippen LogP contribution is 2.37. The van der Waals surface area contributed by atoms with E-state index in [9.17, 15) is 28.4 Å². The van der Waals surface area contributed by atoms with E-state index in [0.717, 1.165) is 12.1 Å². The first-order valence-electron chi connectivity index (χ1n) is 10.3. The summed E-state index contributed by atoms with van der Waals surface area (Å²) in [5.74, 6) is -0.530. The van der Waals surface area contributed by atoms with Crippen molar-refractivity contribution in [2.24, 2.45) is 5.10 Å². The molecular formula is C23H22N4O8S. The normalized spacial score (nSPS) is 11.2. The van der Waals surface area contributed by atoms with Crippen molar-refractivity contribution in [2.75, 3.05) is 25.1 Å². The van der Waals surface area contributed by atoms with E-state index in [1.807, 2.05) is 0 Å². The van der Waals surface area contributed by atoms with E-state index in [4.69, 9.17) is 9.47 Å². The van der Waals surface area contributed by atoms with Gasteiger partial charge in [0.25, 0.3) is 21.6 Å². The van der Waals surface area contributed by atoms with Crippen LogP contribution in [0.5, 0.6) is 17.2 Å². The van der Waals surface area contributed by atoms with E-state index in [1.165, 1.54) is 56.8 Å². The molecule has 0 aliphatic heterocycles. The summed E-state index contributed by atoms with van der Waals surface area (Å²) in [5.41, 5.74) is 1.79. The van der Waals surface area contributed by atoms with Crippen molar-refractivity contribution in [3.8, 4) is 17.2 Å². The van der Waals surface area contributed by atoms with Gasteiger partial charge in [0.1, 0.15) is 23.8 Å². The summed E-state index contributed by atoms with van der Waals surface area (Å²) in [6.45, 7) is -0.796. The zero-order valence-electron chi connectivity index (χ0n) is 19.2. The zero-order valence-corrected chi connectivity index (χ0v) is 20.0. The van der Waals surface area contributed by atoms with Crippen LogP contribution in [-0.2, 0) is 14.8 Å². The van der Waals surface area contributed by atoms with Gasteiger partial charge < -0.3 is 14.6 Å². The standard InChI is InChI=1S/C23H22N4O8S/c1-34-17-11-12-18(21(13-17)35-2)26(36(32,33)22-10-6-4-8-19(22)27(30)31)15-23(29)25-24-14-16-7-3-5-9-20(16)28/h3-14,28H,15H2,1-2H3,(H,25,29)/b24-14-. The monoisotopic (exact) mass is 514 g/mol. The van der Waals surface area contributed by atoms with Crippen LogP contribution in [0.25, 0.3) is 0 Å². The highest BCUT2D eigenvalue weighted by molar-refractivity contribution is 7.93. The molecule has 2 N–H and O–H groups in total. The van der Waals surface area contributed by atoms with Crippen LogP contribution in [0, 0.1) is 10.1 Å². The van der Waals surface area contributed by atoms with Crippen LogP contribution >= 0.6 is 0 Å². The number of ether oxygens (including phenoxy) is 2. The van der Waals surface area contributed by atoms with Crippen molar-refractivity contribution in [2.45, 2.75) is 4.90 Å². The molecule has 13 heteroatoms. The molecule has 0 atom stereocenters. The molecule has 3 aromatic carbocycles. The van der Waals surface area contributed by atoms with Crippen molar-refractivity contribution < 1.29 is 32.7 Å². The Kier molecular flexibility index (Phi) is 8.07. The maximum Gasteiger partial charge on any atom is 0.289 e. The van der Waals surface area contributed by atoms with Gasteiger partial charge in [-0.15, -0.1) is 0 Å². The van der Waals surface area contributed by atoms with Gasteiger partial charge in [-0.3, -0.25) is 19.2 Å². The second-order valence-corrected chi connectivity index (χ2v) is 8.96. The number of anilines is 1. The van der Waals surface area contributed by atoms with Gasteiger partial charge in [-0.1, -0.05) is 24.3 Å². The van der Waals surface area contributed by atoms with Gasteiger partial charge in [0, 0.05) is 17.7 Å². The highest BCUT2D eigenvalue weighted by atomic mass is 32.2. The van der Waals surface area contributed by atoms with Gasteiger partial charge in [0.15, 0.2) is 4.90 Å². The highest BCUT2D eigenvalue weighted by Gasteiger charge is 2.34. The predicted octanol–water partition coefficient (Wildman–Crippen LogP) is 2.66. The molecular weight excluding hydrogens is 492 g/mol. The number of phenols is 1. The molecule has 3 rings (SSSR count). The van der Waals surface area contributed by atoms with Crippen molar-refractivity contribution >= 4 is 33.5 Å². The topological polar surface area (TPSA) is 161 Å². The lowest BCUT2D eigenvalue weighted by atomic mass is 10.2. The molecule has 3 aromatic rings. The molecule has 0 aromatic heterocycles. The van der Waals surface area contributed by atoms with E-state index in [2.05, 4.69) is 10.5 Å². The number of hydrogen-bond acceptors (Lipinski definition) is 9. The first-order chi connectivity index (χ1) is 17.2.